The lowest BCUT2D eigenvalue weighted by molar-refractivity contribution is -0.135. The van der Waals surface area contributed by atoms with E-state index in [1.807, 2.05) is 54.6 Å². The Bertz CT molecular complexity index is 1560. The maximum atomic E-state index is 14.2. The first-order valence-corrected chi connectivity index (χ1v) is 17.4. The van der Waals surface area contributed by atoms with Gasteiger partial charge in [0.2, 0.25) is 5.91 Å². The van der Waals surface area contributed by atoms with Crippen LogP contribution in [-0.4, -0.2) is 94.9 Å². The molecule has 5 rings (SSSR count). The third kappa shape index (κ3) is 11.5. The summed E-state index contributed by atoms with van der Waals surface area (Å²) in [5.74, 6) is -0.665. The highest BCUT2D eigenvalue weighted by Crippen LogP contribution is 2.41. The lowest BCUT2D eigenvalue weighted by atomic mass is 9.88. The molecule has 3 unspecified atom stereocenters. The van der Waals surface area contributed by atoms with Crippen molar-refractivity contribution in [1.29, 1.82) is 0 Å². The van der Waals surface area contributed by atoms with E-state index in [0.717, 1.165) is 30.8 Å². The second kappa shape index (κ2) is 17.9. The number of morpholine rings is 1. The predicted octanol–water partition coefficient (Wildman–Crippen LogP) is 3.02. The van der Waals surface area contributed by atoms with E-state index in [9.17, 15) is 24.9 Å². The van der Waals surface area contributed by atoms with E-state index in [-0.39, 0.29) is 24.7 Å². The largest absolute Gasteiger partial charge is 0.492 e. The van der Waals surface area contributed by atoms with Crippen LogP contribution in [-0.2, 0) is 32.8 Å². The summed E-state index contributed by atoms with van der Waals surface area (Å²) >= 11 is 0. The van der Waals surface area contributed by atoms with Crippen molar-refractivity contribution in [2.24, 2.45) is 5.92 Å². The van der Waals surface area contributed by atoms with E-state index >= 15 is 0 Å². The molecule has 7 N–H and O–H groups in total. The van der Waals surface area contributed by atoms with Gasteiger partial charge in [0, 0.05) is 37.5 Å². The Balaban J connectivity index is 0.00000583. The van der Waals surface area contributed by atoms with Crippen LogP contribution in [0.1, 0.15) is 62.0 Å². The number of aliphatic hydroxyl groups excluding tert-OH is 2. The molecule has 51 heavy (non-hydrogen) atoms. The van der Waals surface area contributed by atoms with Crippen LogP contribution >= 0.6 is 0 Å². The van der Waals surface area contributed by atoms with Gasteiger partial charge in [0.1, 0.15) is 18.0 Å². The van der Waals surface area contributed by atoms with Gasteiger partial charge in [0.15, 0.2) is 5.72 Å². The van der Waals surface area contributed by atoms with Crippen LogP contribution in [0.4, 0.5) is 4.79 Å². The zero-order chi connectivity index (χ0) is 35.7. The summed E-state index contributed by atoms with van der Waals surface area (Å²) in [6, 6.07) is 23.1. The minimum atomic E-state index is -1.79. The molecule has 0 bridgehead atoms. The zero-order valence-corrected chi connectivity index (χ0v) is 29.7. The number of nitrogens with one attached hydrogen (secondary N) is 2. The molecule has 0 spiro atoms. The van der Waals surface area contributed by atoms with Crippen molar-refractivity contribution in [3.8, 4) is 5.75 Å². The van der Waals surface area contributed by atoms with Gasteiger partial charge in [-0.15, -0.1) is 0 Å². The highest BCUT2D eigenvalue weighted by Gasteiger charge is 2.44. The molecule has 12 nitrogen and oxygen atoms in total. The summed E-state index contributed by atoms with van der Waals surface area (Å²) in [4.78, 5) is 29.4. The van der Waals surface area contributed by atoms with Crippen molar-refractivity contribution >= 4 is 12.0 Å². The standard InChI is InChI=1S/C39H51N3O8.H2O/c1-38(2,3)50-37(46)40-33(24-27-10-5-4-6-11-27)34(43)25-29(36(45)41-39(47)26-35(44)31-14-7-8-15-32(31)39)22-28-12-9-13-30(23-28)49-21-18-42-16-19-48-20-17-42;/h4-15,23,29,33-35,43-44,47H,16-22,24-26H2,1-3H3,(H,40,46)(H,41,45);1H2/t29?,33?,34?,35-,39-;/m1./s1. The van der Waals surface area contributed by atoms with Gasteiger partial charge in [0.05, 0.1) is 31.5 Å². The molecule has 3 aromatic rings. The SMILES string of the molecule is CC(C)(C)OC(=O)NC(Cc1ccccc1)C(O)CC(Cc1cccc(OCCN2CCOCC2)c1)C(=O)N[C@@]1(O)C[C@@H](O)c2ccccc21.O. The number of carbonyl (C=O) groups is 2. The summed E-state index contributed by atoms with van der Waals surface area (Å²) in [5.41, 5.74) is 0.143. The maximum Gasteiger partial charge on any atom is 0.407 e. The Morgan fingerprint density at radius 1 is 0.980 bits per heavy atom. The number of aliphatic hydroxyl groups is 3. The Morgan fingerprint density at radius 3 is 2.39 bits per heavy atom. The van der Waals surface area contributed by atoms with Gasteiger partial charge in [-0.05, 0) is 68.9 Å². The van der Waals surface area contributed by atoms with E-state index in [4.69, 9.17) is 14.2 Å². The number of alkyl carbamates (subject to hydrolysis) is 1. The lowest BCUT2D eigenvalue weighted by Gasteiger charge is -2.31. The van der Waals surface area contributed by atoms with Crippen LogP contribution in [0.3, 0.4) is 0 Å². The fourth-order valence-corrected chi connectivity index (χ4v) is 6.60. The smallest absolute Gasteiger partial charge is 0.407 e. The maximum absolute atomic E-state index is 14.2. The van der Waals surface area contributed by atoms with Crippen LogP contribution in [0, 0.1) is 5.92 Å². The van der Waals surface area contributed by atoms with Crippen LogP contribution in [0.25, 0.3) is 0 Å². The van der Waals surface area contributed by atoms with Crippen molar-refractivity contribution in [3.05, 3.63) is 101 Å². The number of ether oxygens (including phenoxy) is 3. The van der Waals surface area contributed by atoms with Crippen LogP contribution in [0.5, 0.6) is 5.75 Å². The van der Waals surface area contributed by atoms with Crippen LogP contribution in [0.2, 0.25) is 0 Å². The second-order valence-electron chi connectivity index (χ2n) is 14.3. The average Bonchev–Trinajstić information content (AvgIpc) is 3.33. The third-order valence-electron chi connectivity index (χ3n) is 9.11. The Morgan fingerprint density at radius 2 is 1.67 bits per heavy atom. The molecular weight excluding hydrogens is 654 g/mol. The van der Waals surface area contributed by atoms with Gasteiger partial charge < -0.3 is 45.6 Å². The summed E-state index contributed by atoms with van der Waals surface area (Å²) in [7, 11) is 0. The minimum absolute atomic E-state index is 0. The molecule has 3 aromatic carbocycles. The highest BCUT2D eigenvalue weighted by atomic mass is 16.6. The molecule has 2 amide bonds. The average molecular weight is 708 g/mol. The fraction of sp³-hybridized carbons (Fsp3) is 0.487. The van der Waals surface area contributed by atoms with Crippen molar-refractivity contribution in [3.63, 3.8) is 0 Å². The molecule has 5 atom stereocenters. The van der Waals surface area contributed by atoms with Crippen molar-refractivity contribution in [1.82, 2.24) is 15.5 Å². The highest BCUT2D eigenvalue weighted by molar-refractivity contribution is 5.80. The Kier molecular flexibility index (Phi) is 14.0. The van der Waals surface area contributed by atoms with Gasteiger partial charge in [-0.25, -0.2) is 4.79 Å². The fourth-order valence-electron chi connectivity index (χ4n) is 6.60. The molecule has 1 fully saturated rings. The predicted molar refractivity (Wildman–Crippen MR) is 192 cm³/mol. The molecule has 1 heterocycles. The third-order valence-corrected chi connectivity index (χ3v) is 9.11. The number of hydrogen-bond donors (Lipinski definition) is 5. The normalized spacial score (nSPS) is 20.6. The number of benzene rings is 3. The zero-order valence-electron chi connectivity index (χ0n) is 29.7. The molecule has 1 saturated heterocycles. The van der Waals surface area contributed by atoms with E-state index in [1.54, 1.807) is 45.0 Å². The van der Waals surface area contributed by atoms with E-state index in [1.165, 1.54) is 0 Å². The quantitative estimate of drug-likeness (QED) is 0.157. The molecule has 0 saturated carbocycles. The first kappa shape index (κ1) is 39.7. The number of hydrogen-bond acceptors (Lipinski definition) is 9. The molecule has 0 aromatic heterocycles. The van der Waals surface area contributed by atoms with Gasteiger partial charge in [-0.3, -0.25) is 9.69 Å². The van der Waals surface area contributed by atoms with Crippen molar-refractivity contribution < 1.29 is 44.6 Å². The second-order valence-corrected chi connectivity index (χ2v) is 14.3. The molecule has 1 aliphatic heterocycles. The molecular formula is C39H53N3O9. The van der Waals surface area contributed by atoms with Gasteiger partial charge >= 0.3 is 6.09 Å². The van der Waals surface area contributed by atoms with Gasteiger partial charge in [0.25, 0.3) is 0 Å². The number of rotatable bonds is 14. The summed E-state index contributed by atoms with van der Waals surface area (Å²) in [5, 5.41) is 39.7. The number of amides is 2. The number of fused-ring (bicyclic) bond motifs is 1. The number of nitrogens with zero attached hydrogens (tertiary/aromatic N) is 1. The van der Waals surface area contributed by atoms with Crippen LogP contribution in [0.15, 0.2) is 78.9 Å². The molecule has 12 heteroatoms. The van der Waals surface area contributed by atoms with Crippen molar-refractivity contribution in [2.45, 2.75) is 76.0 Å². The molecule has 1 aliphatic carbocycles. The first-order valence-electron chi connectivity index (χ1n) is 17.4. The summed E-state index contributed by atoms with van der Waals surface area (Å²) < 4.78 is 17.0. The number of carbonyl (C=O) groups excluding carboxylic acids is 2. The Hall–Kier alpha value is -4.04. The van der Waals surface area contributed by atoms with Crippen molar-refractivity contribution in [2.75, 3.05) is 39.5 Å². The lowest BCUT2D eigenvalue weighted by Crippen LogP contribution is -2.50. The van der Waals surface area contributed by atoms with E-state index < -0.39 is 47.5 Å². The van der Waals surface area contributed by atoms with Gasteiger partial charge in [-0.2, -0.15) is 0 Å². The topological polar surface area (TPSA) is 181 Å². The monoisotopic (exact) mass is 707 g/mol. The van der Waals surface area contributed by atoms with Crippen LogP contribution < -0.4 is 15.4 Å². The summed E-state index contributed by atoms with van der Waals surface area (Å²) in [6.45, 7) is 9.71. The first-order chi connectivity index (χ1) is 23.9. The summed E-state index contributed by atoms with van der Waals surface area (Å²) in [6.07, 6.45) is -2.41. The molecule has 278 valence electrons. The Labute approximate surface area is 300 Å². The molecule has 0 radical (unpaired) electrons. The minimum Gasteiger partial charge on any atom is -0.492 e. The molecule has 2 aliphatic rings. The van der Waals surface area contributed by atoms with E-state index in [2.05, 4.69) is 15.5 Å². The van der Waals surface area contributed by atoms with E-state index in [0.29, 0.717) is 43.1 Å². The van der Waals surface area contributed by atoms with Gasteiger partial charge in [-0.1, -0.05) is 66.7 Å².